The van der Waals surface area contributed by atoms with Gasteiger partial charge >= 0.3 is 0 Å². The first-order valence-corrected chi connectivity index (χ1v) is 7.48. The average Bonchev–Trinajstić information content (AvgIpc) is 2.41. The Morgan fingerprint density at radius 3 is 2.79 bits per heavy atom. The highest BCUT2D eigenvalue weighted by molar-refractivity contribution is 14.1. The van der Waals surface area contributed by atoms with E-state index in [1.165, 1.54) is 0 Å². The summed E-state index contributed by atoms with van der Waals surface area (Å²) in [5.74, 6) is -0.667. The van der Waals surface area contributed by atoms with Gasteiger partial charge in [-0.3, -0.25) is 9.59 Å². The summed E-state index contributed by atoms with van der Waals surface area (Å²) in [5.41, 5.74) is 5.86. The van der Waals surface area contributed by atoms with Crippen LogP contribution in [0.2, 0.25) is 5.02 Å². The van der Waals surface area contributed by atoms with Crippen LogP contribution < -0.4 is 5.73 Å². The van der Waals surface area contributed by atoms with E-state index in [-0.39, 0.29) is 17.7 Å². The van der Waals surface area contributed by atoms with E-state index in [1.54, 1.807) is 17.0 Å². The summed E-state index contributed by atoms with van der Waals surface area (Å²) in [5, 5.41) is 0.565. The van der Waals surface area contributed by atoms with Crippen LogP contribution in [0.1, 0.15) is 23.2 Å². The van der Waals surface area contributed by atoms with Gasteiger partial charge in [0.25, 0.3) is 5.91 Å². The van der Waals surface area contributed by atoms with Crippen LogP contribution in [0, 0.1) is 9.49 Å². The number of rotatable bonds is 2. The fourth-order valence-corrected chi connectivity index (χ4v) is 2.72. The maximum Gasteiger partial charge on any atom is 0.253 e. The van der Waals surface area contributed by atoms with Crippen LogP contribution in [0.15, 0.2) is 18.2 Å². The molecule has 0 aliphatic carbocycles. The third-order valence-electron chi connectivity index (χ3n) is 3.28. The largest absolute Gasteiger partial charge is 0.369 e. The Balaban J connectivity index is 2.14. The van der Waals surface area contributed by atoms with Gasteiger partial charge in [-0.05, 0) is 53.6 Å². The number of nitrogens with zero attached hydrogens (tertiary/aromatic N) is 1. The molecular formula is C13H14ClIN2O2. The van der Waals surface area contributed by atoms with Gasteiger partial charge in [-0.2, -0.15) is 0 Å². The topological polar surface area (TPSA) is 63.4 Å². The Morgan fingerprint density at radius 1 is 1.42 bits per heavy atom. The summed E-state index contributed by atoms with van der Waals surface area (Å²) in [4.78, 5) is 25.2. The highest BCUT2D eigenvalue weighted by atomic mass is 127. The van der Waals surface area contributed by atoms with Crippen molar-refractivity contribution in [1.29, 1.82) is 0 Å². The van der Waals surface area contributed by atoms with Gasteiger partial charge in [0, 0.05) is 22.2 Å². The predicted octanol–water partition coefficient (Wildman–Crippen LogP) is 2.28. The molecule has 102 valence electrons. The summed E-state index contributed by atoms with van der Waals surface area (Å²) in [6, 6.07) is 5.23. The molecule has 1 unspecified atom stereocenters. The van der Waals surface area contributed by atoms with E-state index in [4.69, 9.17) is 17.3 Å². The zero-order valence-corrected chi connectivity index (χ0v) is 13.1. The van der Waals surface area contributed by atoms with Crippen molar-refractivity contribution in [1.82, 2.24) is 4.90 Å². The lowest BCUT2D eigenvalue weighted by Gasteiger charge is -2.31. The van der Waals surface area contributed by atoms with Crippen LogP contribution in [0.25, 0.3) is 0 Å². The number of halogens is 2. The number of hydrogen-bond donors (Lipinski definition) is 1. The number of carbonyl (C=O) groups excluding carboxylic acids is 2. The van der Waals surface area contributed by atoms with E-state index >= 15 is 0 Å². The molecular weight excluding hydrogens is 379 g/mol. The first-order valence-electron chi connectivity index (χ1n) is 6.02. The normalized spacial score (nSPS) is 19.3. The summed E-state index contributed by atoms with van der Waals surface area (Å²) < 4.78 is 0.907. The van der Waals surface area contributed by atoms with Crippen molar-refractivity contribution in [3.8, 4) is 0 Å². The third kappa shape index (κ3) is 3.39. The summed E-state index contributed by atoms with van der Waals surface area (Å²) in [6.07, 6.45) is 1.56. The molecule has 0 spiro atoms. The molecule has 2 amide bonds. The number of carbonyl (C=O) groups is 2. The van der Waals surface area contributed by atoms with Crippen LogP contribution in [0.4, 0.5) is 0 Å². The van der Waals surface area contributed by atoms with Crippen molar-refractivity contribution in [2.45, 2.75) is 12.8 Å². The minimum absolute atomic E-state index is 0.0933. The SMILES string of the molecule is NC(=O)C1CCCN(C(=O)c2ccc(I)c(Cl)c2)C1. The third-order valence-corrected chi connectivity index (χ3v) is 4.85. The van der Waals surface area contributed by atoms with Gasteiger partial charge in [0.2, 0.25) is 5.91 Å². The molecule has 0 aromatic heterocycles. The van der Waals surface area contributed by atoms with Crippen LogP contribution in [0.5, 0.6) is 0 Å². The second-order valence-electron chi connectivity index (χ2n) is 4.62. The Hall–Kier alpha value is -0.820. The van der Waals surface area contributed by atoms with Crippen LogP contribution in [-0.2, 0) is 4.79 Å². The molecule has 0 radical (unpaired) electrons. The smallest absolute Gasteiger partial charge is 0.253 e. The number of benzene rings is 1. The van der Waals surface area contributed by atoms with E-state index in [9.17, 15) is 9.59 Å². The summed E-state index contributed by atoms with van der Waals surface area (Å²) in [7, 11) is 0. The Kier molecular flexibility index (Phi) is 4.67. The van der Waals surface area contributed by atoms with Crippen LogP contribution in [0.3, 0.4) is 0 Å². The van der Waals surface area contributed by atoms with Crippen molar-refractivity contribution in [2.24, 2.45) is 11.7 Å². The molecule has 4 nitrogen and oxygen atoms in total. The van der Waals surface area contributed by atoms with Gasteiger partial charge in [-0.25, -0.2) is 0 Å². The second kappa shape index (κ2) is 6.09. The van der Waals surface area contributed by atoms with E-state index < -0.39 is 0 Å². The molecule has 6 heteroatoms. The lowest BCUT2D eigenvalue weighted by molar-refractivity contribution is -0.123. The molecule has 2 N–H and O–H groups in total. The molecule has 1 fully saturated rings. The van der Waals surface area contributed by atoms with E-state index in [0.717, 1.165) is 16.4 Å². The van der Waals surface area contributed by atoms with Crippen LogP contribution in [-0.4, -0.2) is 29.8 Å². The number of nitrogens with two attached hydrogens (primary N) is 1. The van der Waals surface area contributed by atoms with Gasteiger partial charge in [0.05, 0.1) is 10.9 Å². The van der Waals surface area contributed by atoms with Gasteiger partial charge in [0.15, 0.2) is 0 Å². The first kappa shape index (κ1) is 14.6. The van der Waals surface area contributed by atoms with Crippen molar-refractivity contribution in [3.05, 3.63) is 32.4 Å². The zero-order chi connectivity index (χ0) is 14.0. The molecule has 1 aliphatic heterocycles. The Labute approximate surface area is 130 Å². The van der Waals surface area contributed by atoms with Gasteiger partial charge in [-0.15, -0.1) is 0 Å². The maximum absolute atomic E-state index is 12.3. The number of hydrogen-bond acceptors (Lipinski definition) is 2. The van der Waals surface area contributed by atoms with Gasteiger partial charge in [0.1, 0.15) is 0 Å². The molecule has 0 saturated carbocycles. The lowest BCUT2D eigenvalue weighted by atomic mass is 9.97. The Bertz CT molecular complexity index is 521. The highest BCUT2D eigenvalue weighted by Crippen LogP contribution is 2.22. The molecule has 1 heterocycles. The first-order chi connectivity index (χ1) is 8.99. The average molecular weight is 393 g/mol. The predicted molar refractivity (Wildman–Crippen MR) is 82.0 cm³/mol. The van der Waals surface area contributed by atoms with Crippen molar-refractivity contribution >= 4 is 46.0 Å². The minimum Gasteiger partial charge on any atom is -0.369 e. The fourth-order valence-electron chi connectivity index (χ4n) is 2.21. The highest BCUT2D eigenvalue weighted by Gasteiger charge is 2.27. The molecule has 0 bridgehead atoms. The van der Waals surface area contributed by atoms with Gasteiger partial charge < -0.3 is 10.6 Å². The van der Waals surface area contributed by atoms with E-state index in [2.05, 4.69) is 22.6 Å². The molecule has 19 heavy (non-hydrogen) atoms. The van der Waals surface area contributed by atoms with Crippen molar-refractivity contribution in [3.63, 3.8) is 0 Å². The number of piperidine rings is 1. The van der Waals surface area contributed by atoms with Crippen molar-refractivity contribution < 1.29 is 9.59 Å². The summed E-state index contributed by atoms with van der Waals surface area (Å²) in [6.45, 7) is 1.06. The number of primary amides is 1. The summed E-state index contributed by atoms with van der Waals surface area (Å²) >= 11 is 8.14. The van der Waals surface area contributed by atoms with Gasteiger partial charge in [-0.1, -0.05) is 11.6 Å². The van der Waals surface area contributed by atoms with Crippen LogP contribution >= 0.6 is 34.2 Å². The number of likely N-dealkylation sites (tertiary alicyclic amines) is 1. The fraction of sp³-hybridized carbons (Fsp3) is 0.385. The maximum atomic E-state index is 12.3. The molecule has 2 rings (SSSR count). The van der Waals surface area contributed by atoms with E-state index in [0.29, 0.717) is 23.7 Å². The second-order valence-corrected chi connectivity index (χ2v) is 6.19. The molecule has 1 aromatic carbocycles. The molecule has 1 aromatic rings. The quantitative estimate of drug-likeness (QED) is 0.785. The minimum atomic E-state index is -0.335. The van der Waals surface area contributed by atoms with Crippen molar-refractivity contribution in [2.75, 3.05) is 13.1 Å². The Morgan fingerprint density at radius 2 is 2.16 bits per heavy atom. The zero-order valence-electron chi connectivity index (χ0n) is 10.2. The van der Waals surface area contributed by atoms with E-state index in [1.807, 2.05) is 6.07 Å². The number of amides is 2. The molecule has 1 atom stereocenters. The lowest BCUT2D eigenvalue weighted by Crippen LogP contribution is -2.44. The molecule has 1 saturated heterocycles. The molecule has 1 aliphatic rings. The standard InChI is InChI=1S/C13H14ClIN2O2/c14-10-6-8(3-4-11(10)15)13(19)17-5-1-2-9(7-17)12(16)18/h3-4,6,9H,1-2,5,7H2,(H2,16,18). The monoisotopic (exact) mass is 392 g/mol.